The fourth-order valence-corrected chi connectivity index (χ4v) is 3.67. The second-order valence-corrected chi connectivity index (χ2v) is 7.34. The van der Waals surface area contributed by atoms with Crippen LogP contribution < -0.4 is 4.74 Å². The van der Waals surface area contributed by atoms with E-state index in [2.05, 4.69) is 4.74 Å². The summed E-state index contributed by atoms with van der Waals surface area (Å²) in [5, 5.41) is 0.914. The van der Waals surface area contributed by atoms with Crippen LogP contribution in [0.25, 0.3) is 33.0 Å². The molecule has 0 saturated carbocycles. The first kappa shape index (κ1) is 22.6. The molecule has 33 heavy (non-hydrogen) atoms. The Bertz CT molecular complexity index is 1340. The molecule has 0 spiro atoms. The lowest BCUT2D eigenvalue weighted by Gasteiger charge is -2.13. The van der Waals surface area contributed by atoms with Gasteiger partial charge in [0.1, 0.15) is 29.0 Å². The zero-order valence-corrected chi connectivity index (χ0v) is 17.0. The molecule has 0 amide bonds. The van der Waals surface area contributed by atoms with Crippen molar-refractivity contribution in [2.24, 2.45) is 0 Å². The molecule has 0 aliphatic heterocycles. The van der Waals surface area contributed by atoms with E-state index in [1.807, 2.05) is 13.0 Å². The Morgan fingerprint density at radius 2 is 1.39 bits per heavy atom. The Hall–Kier alpha value is -3.55. The average molecular weight is 464 g/mol. The van der Waals surface area contributed by atoms with Crippen molar-refractivity contribution in [1.82, 2.24) is 0 Å². The molecular formula is C25H15F7O. The van der Waals surface area contributed by atoms with E-state index in [-0.39, 0.29) is 16.5 Å². The smallest absolute Gasteiger partial charge is 0.406 e. The molecule has 0 saturated heterocycles. The highest BCUT2D eigenvalue weighted by Gasteiger charge is 2.31. The van der Waals surface area contributed by atoms with Gasteiger partial charge in [0, 0.05) is 22.6 Å². The van der Waals surface area contributed by atoms with Crippen LogP contribution in [0.5, 0.6) is 5.75 Å². The van der Waals surface area contributed by atoms with E-state index >= 15 is 4.39 Å². The van der Waals surface area contributed by atoms with Crippen LogP contribution in [0.4, 0.5) is 30.7 Å². The number of fused-ring (bicyclic) bond motifs is 1. The van der Waals surface area contributed by atoms with Gasteiger partial charge in [-0.3, -0.25) is 0 Å². The minimum atomic E-state index is -5.05. The van der Waals surface area contributed by atoms with Crippen LogP contribution >= 0.6 is 0 Å². The largest absolute Gasteiger partial charge is 0.573 e. The Balaban J connectivity index is 1.76. The van der Waals surface area contributed by atoms with Crippen LogP contribution in [0, 0.1) is 23.3 Å². The quantitative estimate of drug-likeness (QED) is 0.277. The van der Waals surface area contributed by atoms with Gasteiger partial charge in [-0.25, -0.2) is 17.6 Å². The van der Waals surface area contributed by atoms with Gasteiger partial charge in [-0.15, -0.1) is 13.2 Å². The molecule has 0 bridgehead atoms. The van der Waals surface area contributed by atoms with Gasteiger partial charge in [0.2, 0.25) is 0 Å². The molecule has 0 heterocycles. The highest BCUT2D eigenvalue weighted by molar-refractivity contribution is 5.89. The monoisotopic (exact) mass is 464 g/mol. The number of alkyl halides is 3. The van der Waals surface area contributed by atoms with Crippen molar-refractivity contribution in [3.05, 3.63) is 89.5 Å². The van der Waals surface area contributed by atoms with E-state index in [1.54, 1.807) is 18.2 Å². The molecular weight excluding hydrogens is 449 g/mol. The normalized spacial score (nSPS) is 11.8. The zero-order valence-electron chi connectivity index (χ0n) is 17.0. The van der Waals surface area contributed by atoms with Gasteiger partial charge in [-0.05, 0) is 47.2 Å². The summed E-state index contributed by atoms with van der Waals surface area (Å²) in [6, 6.07) is 11.8. The van der Waals surface area contributed by atoms with Gasteiger partial charge in [0.15, 0.2) is 0 Å². The molecule has 4 rings (SSSR count). The maximum absolute atomic E-state index is 15.1. The molecule has 1 nitrogen and oxygen atoms in total. The van der Waals surface area contributed by atoms with Gasteiger partial charge in [0.05, 0.1) is 5.56 Å². The predicted molar refractivity (Wildman–Crippen MR) is 111 cm³/mol. The fraction of sp³-hybridized carbons (Fsp3) is 0.120. The van der Waals surface area contributed by atoms with E-state index < -0.39 is 46.5 Å². The first-order valence-corrected chi connectivity index (χ1v) is 9.83. The van der Waals surface area contributed by atoms with E-state index in [4.69, 9.17) is 0 Å². The minimum absolute atomic E-state index is 0.0505. The van der Waals surface area contributed by atoms with Crippen LogP contribution in [0.15, 0.2) is 60.7 Å². The number of hydrogen-bond acceptors (Lipinski definition) is 1. The summed E-state index contributed by atoms with van der Waals surface area (Å²) in [7, 11) is 0. The average Bonchev–Trinajstić information content (AvgIpc) is 2.73. The van der Waals surface area contributed by atoms with Gasteiger partial charge in [0.25, 0.3) is 0 Å². The zero-order chi connectivity index (χ0) is 23.9. The van der Waals surface area contributed by atoms with E-state index in [0.717, 1.165) is 36.2 Å². The Morgan fingerprint density at radius 3 is 2.00 bits per heavy atom. The van der Waals surface area contributed by atoms with Crippen molar-refractivity contribution in [3.63, 3.8) is 0 Å². The third kappa shape index (κ3) is 4.51. The molecule has 0 radical (unpaired) electrons. The lowest BCUT2D eigenvalue weighted by Crippen LogP contribution is -2.17. The Labute approximate surface area is 184 Å². The lowest BCUT2D eigenvalue weighted by atomic mass is 9.95. The molecule has 0 N–H and O–H groups in total. The number of aryl methyl sites for hydroxylation is 1. The van der Waals surface area contributed by atoms with Gasteiger partial charge in [-0.2, -0.15) is 0 Å². The van der Waals surface area contributed by atoms with Crippen LogP contribution in [-0.2, 0) is 6.42 Å². The Morgan fingerprint density at radius 1 is 0.727 bits per heavy atom. The number of halogens is 7. The molecule has 4 aromatic rings. The molecule has 0 aliphatic carbocycles. The van der Waals surface area contributed by atoms with E-state index in [9.17, 15) is 26.3 Å². The van der Waals surface area contributed by atoms with Crippen molar-refractivity contribution >= 4 is 10.8 Å². The van der Waals surface area contributed by atoms with Crippen molar-refractivity contribution in [3.8, 4) is 28.0 Å². The first-order valence-electron chi connectivity index (χ1n) is 9.83. The SMILES string of the molecule is CCc1ccc2c(F)c(-c3cc(F)c(-c4ccc(OC(F)(F)F)cc4F)c(F)c3)ccc2c1. The molecule has 0 atom stereocenters. The van der Waals surface area contributed by atoms with Crippen molar-refractivity contribution in [2.75, 3.05) is 0 Å². The third-order valence-corrected chi connectivity index (χ3v) is 5.22. The summed E-state index contributed by atoms with van der Waals surface area (Å²) in [5.74, 6) is -5.25. The lowest BCUT2D eigenvalue weighted by molar-refractivity contribution is -0.274. The van der Waals surface area contributed by atoms with Crippen LogP contribution in [0.3, 0.4) is 0 Å². The molecule has 0 fully saturated rings. The molecule has 170 valence electrons. The standard InChI is InChI=1S/C25H15F7O/c1-2-13-3-6-17-14(9-13)4-7-18(24(17)29)15-10-21(27)23(22(28)11-15)19-8-5-16(12-20(19)26)33-25(30,31)32/h3-12H,2H2,1H3. The summed E-state index contributed by atoms with van der Waals surface area (Å²) in [6.45, 7) is 1.96. The summed E-state index contributed by atoms with van der Waals surface area (Å²) < 4.78 is 99.7. The second kappa shape index (κ2) is 8.42. The summed E-state index contributed by atoms with van der Waals surface area (Å²) in [6.07, 6.45) is -4.29. The van der Waals surface area contributed by atoms with E-state index in [0.29, 0.717) is 11.5 Å². The highest BCUT2D eigenvalue weighted by atomic mass is 19.4. The van der Waals surface area contributed by atoms with Gasteiger partial charge < -0.3 is 4.74 Å². The number of benzene rings is 4. The molecule has 0 aliphatic rings. The molecule has 4 aromatic carbocycles. The second-order valence-electron chi connectivity index (χ2n) is 7.34. The maximum atomic E-state index is 15.1. The number of ether oxygens (including phenoxy) is 1. The topological polar surface area (TPSA) is 9.23 Å². The molecule has 0 unspecified atom stereocenters. The van der Waals surface area contributed by atoms with Crippen LogP contribution in [-0.4, -0.2) is 6.36 Å². The summed E-state index contributed by atoms with van der Waals surface area (Å²) in [4.78, 5) is 0. The van der Waals surface area contributed by atoms with Crippen molar-refractivity contribution in [2.45, 2.75) is 19.7 Å². The fourth-order valence-electron chi connectivity index (χ4n) is 3.67. The van der Waals surface area contributed by atoms with E-state index in [1.165, 1.54) is 6.07 Å². The van der Waals surface area contributed by atoms with Crippen molar-refractivity contribution < 1.29 is 35.5 Å². The third-order valence-electron chi connectivity index (χ3n) is 5.22. The molecule has 8 heteroatoms. The highest BCUT2D eigenvalue weighted by Crippen LogP contribution is 2.36. The van der Waals surface area contributed by atoms with Crippen LogP contribution in [0.2, 0.25) is 0 Å². The summed E-state index contributed by atoms with van der Waals surface area (Å²) >= 11 is 0. The van der Waals surface area contributed by atoms with Gasteiger partial charge in [-0.1, -0.05) is 37.3 Å². The molecule has 0 aromatic heterocycles. The Kier molecular flexibility index (Phi) is 5.78. The number of hydrogen-bond donors (Lipinski definition) is 0. The minimum Gasteiger partial charge on any atom is -0.406 e. The maximum Gasteiger partial charge on any atom is 0.573 e. The first-order chi connectivity index (χ1) is 15.6. The van der Waals surface area contributed by atoms with Crippen LogP contribution in [0.1, 0.15) is 12.5 Å². The van der Waals surface area contributed by atoms with Gasteiger partial charge >= 0.3 is 6.36 Å². The number of rotatable bonds is 4. The van der Waals surface area contributed by atoms with Crippen molar-refractivity contribution in [1.29, 1.82) is 0 Å². The predicted octanol–water partition coefficient (Wildman–Crippen LogP) is 8.19. The summed E-state index contributed by atoms with van der Waals surface area (Å²) in [5.41, 5.74) is -0.541.